The topological polar surface area (TPSA) is 74.2 Å². The molecule has 0 unspecified atom stereocenters. The molecule has 0 heterocycles. The fourth-order valence-corrected chi connectivity index (χ4v) is 2.65. The maximum absolute atomic E-state index is 12.3. The molecule has 0 amide bonds. The average Bonchev–Trinajstić information content (AvgIpc) is 2.72. The summed E-state index contributed by atoms with van der Waals surface area (Å²) in [6.07, 6.45) is 1.20. The number of rotatable bonds is 9. The molecule has 2 aromatic carbocycles. The number of halogens is 1. The molecule has 2 aromatic rings. The number of carbonyl (C=O) groups excluding carboxylic acids is 2. The minimum absolute atomic E-state index is 0.0291. The van der Waals surface area contributed by atoms with Gasteiger partial charge in [0.05, 0.1) is 16.0 Å². The van der Waals surface area contributed by atoms with E-state index in [1.165, 1.54) is 13.3 Å². The molecule has 0 saturated heterocycles. The van der Waals surface area contributed by atoms with Crippen LogP contribution in [-0.4, -0.2) is 42.8 Å². The van der Waals surface area contributed by atoms with Gasteiger partial charge in [-0.3, -0.25) is 0 Å². The minimum Gasteiger partial charge on any atom is -0.461 e. The van der Waals surface area contributed by atoms with Crippen LogP contribution in [-0.2, 0) is 14.3 Å². The van der Waals surface area contributed by atoms with Crippen LogP contribution in [0.2, 0.25) is 0 Å². The Morgan fingerprint density at radius 2 is 1.56 bits per heavy atom. The molecule has 0 N–H and O–H groups in total. The van der Waals surface area contributed by atoms with Crippen molar-refractivity contribution in [1.29, 1.82) is 0 Å². The quantitative estimate of drug-likeness (QED) is 0.259. The highest BCUT2D eigenvalue weighted by Crippen LogP contribution is 2.17. The van der Waals surface area contributed by atoms with Crippen LogP contribution in [0.4, 0.5) is 0 Å². The standard InChI is InChI=1S/C20H20BrNO5/c1-25-22-13-12-18(27-20(24)16-10-6-3-7-11-16)17(21)14-26-19(23)15-8-4-2-5-9-15/h2-11,13,17-18H,12,14H2,1H3/b22-13+/t17-,18+/m1/s1. The maximum atomic E-state index is 12.3. The Morgan fingerprint density at radius 1 is 1.00 bits per heavy atom. The minimum atomic E-state index is -0.597. The summed E-state index contributed by atoms with van der Waals surface area (Å²) in [5, 5.41) is 3.67. The van der Waals surface area contributed by atoms with Crippen molar-refractivity contribution in [2.45, 2.75) is 17.4 Å². The molecule has 27 heavy (non-hydrogen) atoms. The van der Waals surface area contributed by atoms with Crippen molar-refractivity contribution in [2.24, 2.45) is 5.16 Å². The average molecular weight is 434 g/mol. The summed E-state index contributed by atoms with van der Waals surface area (Å²) in [5.41, 5.74) is 0.892. The molecule has 0 fully saturated rings. The molecular weight excluding hydrogens is 414 g/mol. The van der Waals surface area contributed by atoms with Gasteiger partial charge >= 0.3 is 11.9 Å². The van der Waals surface area contributed by atoms with Crippen LogP contribution in [0.25, 0.3) is 0 Å². The zero-order valence-corrected chi connectivity index (χ0v) is 16.4. The first-order chi connectivity index (χ1) is 13.1. The van der Waals surface area contributed by atoms with E-state index in [9.17, 15) is 9.59 Å². The molecule has 0 aliphatic heterocycles. The molecular formula is C20H20BrNO5. The number of hydrogen-bond acceptors (Lipinski definition) is 6. The predicted molar refractivity (Wildman–Crippen MR) is 105 cm³/mol. The highest BCUT2D eigenvalue weighted by Gasteiger charge is 2.25. The molecule has 0 aromatic heterocycles. The van der Waals surface area contributed by atoms with Crippen LogP contribution < -0.4 is 0 Å². The van der Waals surface area contributed by atoms with Crippen molar-refractivity contribution in [3.63, 3.8) is 0 Å². The van der Waals surface area contributed by atoms with E-state index in [-0.39, 0.29) is 6.61 Å². The van der Waals surface area contributed by atoms with Gasteiger partial charge in [-0.1, -0.05) is 57.5 Å². The summed E-state index contributed by atoms with van der Waals surface area (Å²) in [6, 6.07) is 17.3. The molecule has 0 aliphatic rings. The third kappa shape index (κ3) is 6.86. The Kier molecular flexibility index (Phi) is 8.51. The lowest BCUT2D eigenvalue weighted by atomic mass is 10.2. The van der Waals surface area contributed by atoms with Crippen LogP contribution >= 0.6 is 15.9 Å². The summed E-state index contributed by atoms with van der Waals surface area (Å²) in [6.45, 7) is 0.0291. The van der Waals surface area contributed by atoms with Crippen LogP contribution in [0.15, 0.2) is 65.8 Å². The van der Waals surface area contributed by atoms with E-state index >= 15 is 0 Å². The number of nitrogens with zero attached hydrogens (tertiary/aromatic N) is 1. The number of carbonyl (C=O) groups is 2. The molecule has 6 nitrogen and oxygen atoms in total. The SMILES string of the molecule is CO/N=C/C[C@H](OC(=O)c1ccccc1)[C@H](Br)COC(=O)c1ccccc1. The van der Waals surface area contributed by atoms with Gasteiger partial charge in [-0.2, -0.15) is 0 Å². The molecule has 0 radical (unpaired) electrons. The van der Waals surface area contributed by atoms with E-state index < -0.39 is 22.9 Å². The Bertz CT molecular complexity index is 751. The van der Waals surface area contributed by atoms with Gasteiger partial charge < -0.3 is 14.3 Å². The lowest BCUT2D eigenvalue weighted by Crippen LogP contribution is -2.32. The summed E-state index contributed by atoms with van der Waals surface area (Å²) < 4.78 is 10.9. The first-order valence-electron chi connectivity index (χ1n) is 8.29. The highest BCUT2D eigenvalue weighted by atomic mass is 79.9. The highest BCUT2D eigenvalue weighted by molar-refractivity contribution is 9.09. The van der Waals surface area contributed by atoms with Gasteiger partial charge in [0.15, 0.2) is 0 Å². The zero-order chi connectivity index (χ0) is 19.5. The lowest BCUT2D eigenvalue weighted by Gasteiger charge is -2.21. The van der Waals surface area contributed by atoms with Gasteiger partial charge in [-0.25, -0.2) is 9.59 Å². The first-order valence-corrected chi connectivity index (χ1v) is 9.20. The lowest BCUT2D eigenvalue weighted by molar-refractivity contribution is 0.0231. The Labute approximate surface area is 166 Å². The zero-order valence-electron chi connectivity index (χ0n) is 14.8. The number of benzene rings is 2. The van der Waals surface area contributed by atoms with Crippen molar-refractivity contribution in [3.8, 4) is 0 Å². The number of alkyl halides is 1. The van der Waals surface area contributed by atoms with Gasteiger partial charge in [0.1, 0.15) is 19.8 Å². The van der Waals surface area contributed by atoms with E-state index in [4.69, 9.17) is 9.47 Å². The number of ether oxygens (including phenoxy) is 2. The van der Waals surface area contributed by atoms with Crippen molar-refractivity contribution in [3.05, 3.63) is 71.8 Å². The summed E-state index contributed by atoms with van der Waals surface area (Å²) >= 11 is 3.44. The Hall–Kier alpha value is -2.67. The van der Waals surface area contributed by atoms with Gasteiger partial charge in [0, 0.05) is 12.6 Å². The van der Waals surface area contributed by atoms with E-state index in [1.54, 1.807) is 48.5 Å². The molecule has 2 atom stereocenters. The maximum Gasteiger partial charge on any atom is 0.338 e. The van der Waals surface area contributed by atoms with Crippen LogP contribution in [0.1, 0.15) is 27.1 Å². The summed E-state index contributed by atoms with van der Waals surface area (Å²) in [7, 11) is 1.43. The van der Waals surface area contributed by atoms with E-state index in [1.807, 2.05) is 12.1 Å². The molecule has 0 spiro atoms. The molecule has 142 valence electrons. The summed E-state index contributed by atoms with van der Waals surface area (Å²) in [5.74, 6) is -0.913. The molecule has 2 rings (SSSR count). The van der Waals surface area contributed by atoms with Crippen molar-refractivity contribution < 1.29 is 23.9 Å². The number of oxime groups is 1. The van der Waals surface area contributed by atoms with E-state index in [0.717, 1.165) is 0 Å². The molecule has 0 saturated carbocycles. The molecule has 7 heteroatoms. The third-order valence-corrected chi connectivity index (χ3v) is 4.43. The Balaban J connectivity index is 1.98. The second-order valence-corrected chi connectivity index (χ2v) is 6.67. The van der Waals surface area contributed by atoms with Crippen LogP contribution in [0.3, 0.4) is 0 Å². The smallest absolute Gasteiger partial charge is 0.338 e. The monoisotopic (exact) mass is 433 g/mol. The number of hydrogen-bond donors (Lipinski definition) is 0. The van der Waals surface area contributed by atoms with Gasteiger partial charge in [-0.15, -0.1) is 0 Å². The van der Waals surface area contributed by atoms with E-state index in [2.05, 4.69) is 25.9 Å². The predicted octanol–water partition coefficient (Wildman–Crippen LogP) is 3.85. The normalized spacial score (nSPS) is 13.0. The second kappa shape index (κ2) is 11.1. The molecule has 0 aliphatic carbocycles. The van der Waals surface area contributed by atoms with Gasteiger partial charge in [0.2, 0.25) is 0 Å². The van der Waals surface area contributed by atoms with Crippen molar-refractivity contribution in [1.82, 2.24) is 0 Å². The van der Waals surface area contributed by atoms with E-state index in [0.29, 0.717) is 17.5 Å². The van der Waals surface area contributed by atoms with Crippen LogP contribution in [0, 0.1) is 0 Å². The van der Waals surface area contributed by atoms with Gasteiger partial charge in [0.25, 0.3) is 0 Å². The fourth-order valence-electron chi connectivity index (χ4n) is 2.19. The van der Waals surface area contributed by atoms with Crippen molar-refractivity contribution in [2.75, 3.05) is 13.7 Å². The number of esters is 2. The fraction of sp³-hybridized carbons (Fsp3) is 0.250. The molecule has 0 bridgehead atoms. The summed E-state index contributed by atoms with van der Waals surface area (Å²) in [4.78, 5) is 28.6. The Morgan fingerprint density at radius 3 is 2.11 bits per heavy atom. The first kappa shape index (κ1) is 20.6. The van der Waals surface area contributed by atoms with Crippen LogP contribution in [0.5, 0.6) is 0 Å². The van der Waals surface area contributed by atoms with Crippen molar-refractivity contribution >= 4 is 34.1 Å². The third-order valence-electron chi connectivity index (χ3n) is 3.57. The largest absolute Gasteiger partial charge is 0.461 e. The van der Waals surface area contributed by atoms with Gasteiger partial charge in [-0.05, 0) is 24.3 Å². The second-order valence-electron chi connectivity index (χ2n) is 5.50.